The van der Waals surface area contributed by atoms with Gasteiger partial charge in [-0.3, -0.25) is 14.5 Å². The largest absolute Gasteiger partial charge is 0.466 e. The summed E-state index contributed by atoms with van der Waals surface area (Å²) in [4.78, 5) is 27.2. The van der Waals surface area contributed by atoms with Crippen LogP contribution in [0.2, 0.25) is 0 Å². The molecule has 49 heavy (non-hydrogen) atoms. The first-order valence-electron chi connectivity index (χ1n) is 21.7. The van der Waals surface area contributed by atoms with Crippen LogP contribution in [-0.2, 0) is 19.1 Å². The highest BCUT2D eigenvalue weighted by Crippen LogP contribution is 2.21. The predicted octanol–water partition coefficient (Wildman–Crippen LogP) is 12.1. The fourth-order valence-electron chi connectivity index (χ4n) is 6.85. The van der Waals surface area contributed by atoms with Gasteiger partial charge >= 0.3 is 11.9 Å². The van der Waals surface area contributed by atoms with E-state index in [-0.39, 0.29) is 24.5 Å². The average molecular weight is 696 g/mol. The van der Waals surface area contributed by atoms with Gasteiger partial charge in [0.1, 0.15) is 0 Å². The van der Waals surface area contributed by atoms with Crippen LogP contribution in [0.25, 0.3) is 0 Å². The molecule has 1 N–H and O–H groups in total. The zero-order chi connectivity index (χ0) is 36.0. The molecular formula is C43H85NO5. The minimum atomic E-state index is -0.0268. The molecule has 6 heteroatoms. The van der Waals surface area contributed by atoms with E-state index in [1.54, 1.807) is 0 Å². The van der Waals surface area contributed by atoms with E-state index in [1.165, 1.54) is 116 Å². The van der Waals surface area contributed by atoms with Crippen molar-refractivity contribution in [3.05, 3.63) is 0 Å². The summed E-state index contributed by atoms with van der Waals surface area (Å²) < 4.78 is 11.2. The van der Waals surface area contributed by atoms with Crippen molar-refractivity contribution < 1.29 is 24.2 Å². The molecular weight excluding hydrogens is 610 g/mol. The van der Waals surface area contributed by atoms with Gasteiger partial charge in [0.05, 0.1) is 25.7 Å². The zero-order valence-electron chi connectivity index (χ0n) is 33.4. The molecule has 0 fully saturated rings. The first-order chi connectivity index (χ1) is 24.0. The van der Waals surface area contributed by atoms with Gasteiger partial charge in [-0.05, 0) is 58.4 Å². The average Bonchev–Trinajstić information content (AvgIpc) is 3.10. The summed E-state index contributed by atoms with van der Waals surface area (Å²) in [5.74, 6) is 0.129. The molecule has 0 aliphatic carbocycles. The van der Waals surface area contributed by atoms with E-state index >= 15 is 0 Å². The van der Waals surface area contributed by atoms with Crippen molar-refractivity contribution in [2.45, 2.75) is 226 Å². The molecule has 292 valence electrons. The van der Waals surface area contributed by atoms with Crippen LogP contribution in [0.4, 0.5) is 0 Å². The first-order valence-corrected chi connectivity index (χ1v) is 21.7. The number of carbonyl (C=O) groups is 2. The number of nitrogens with zero attached hydrogens (tertiary/aromatic N) is 1. The molecule has 0 aromatic heterocycles. The second kappa shape index (κ2) is 38.1. The van der Waals surface area contributed by atoms with Crippen molar-refractivity contribution in [2.24, 2.45) is 5.92 Å². The molecule has 0 aliphatic rings. The SMILES string of the molecule is CCCCCCCCC(CCCCCCC)C(=O)OCCCCCCCN(CCO)C(C)CCCCCCCCOC(=O)CCCCCC. The Hall–Kier alpha value is -1.14. The Kier molecular flexibility index (Phi) is 37.2. The van der Waals surface area contributed by atoms with E-state index in [0.717, 1.165) is 83.7 Å². The molecule has 0 amide bonds. The van der Waals surface area contributed by atoms with Crippen molar-refractivity contribution >= 4 is 11.9 Å². The number of hydrogen-bond acceptors (Lipinski definition) is 6. The van der Waals surface area contributed by atoms with Crippen LogP contribution < -0.4 is 0 Å². The van der Waals surface area contributed by atoms with E-state index in [1.807, 2.05) is 0 Å². The van der Waals surface area contributed by atoms with Crippen molar-refractivity contribution in [1.29, 1.82) is 0 Å². The lowest BCUT2D eigenvalue weighted by molar-refractivity contribution is -0.149. The number of unbranched alkanes of at least 4 members (excludes halogenated alkanes) is 21. The highest BCUT2D eigenvalue weighted by molar-refractivity contribution is 5.72. The fraction of sp³-hybridized carbons (Fsp3) is 0.953. The molecule has 0 aromatic carbocycles. The molecule has 0 aliphatic heterocycles. The smallest absolute Gasteiger partial charge is 0.308 e. The van der Waals surface area contributed by atoms with Gasteiger partial charge in [0.2, 0.25) is 0 Å². The summed E-state index contributed by atoms with van der Waals surface area (Å²) in [5.41, 5.74) is 0. The molecule has 2 unspecified atom stereocenters. The monoisotopic (exact) mass is 696 g/mol. The Morgan fingerprint density at radius 2 is 0.939 bits per heavy atom. The number of rotatable bonds is 39. The van der Waals surface area contributed by atoms with Gasteiger partial charge < -0.3 is 14.6 Å². The maximum atomic E-state index is 12.9. The number of ether oxygens (including phenoxy) is 2. The Morgan fingerprint density at radius 3 is 1.47 bits per heavy atom. The Bertz CT molecular complexity index is 702. The van der Waals surface area contributed by atoms with Crippen molar-refractivity contribution in [3.63, 3.8) is 0 Å². The topological polar surface area (TPSA) is 76.1 Å². The number of aliphatic hydroxyl groups excluding tert-OH is 1. The van der Waals surface area contributed by atoms with Crippen LogP contribution in [0.5, 0.6) is 0 Å². The third-order valence-corrected chi connectivity index (χ3v) is 10.3. The molecule has 0 heterocycles. The lowest BCUT2D eigenvalue weighted by Gasteiger charge is -2.28. The summed E-state index contributed by atoms with van der Waals surface area (Å²) in [6.07, 6.45) is 34.7. The second-order valence-electron chi connectivity index (χ2n) is 14.9. The van der Waals surface area contributed by atoms with E-state index in [4.69, 9.17) is 9.47 Å². The molecule has 0 saturated carbocycles. The number of hydrogen-bond donors (Lipinski definition) is 1. The van der Waals surface area contributed by atoms with Crippen LogP contribution in [0.3, 0.4) is 0 Å². The van der Waals surface area contributed by atoms with Gasteiger partial charge in [0, 0.05) is 19.0 Å². The summed E-state index contributed by atoms with van der Waals surface area (Å²) in [7, 11) is 0. The maximum absolute atomic E-state index is 12.9. The third kappa shape index (κ3) is 32.5. The number of esters is 2. The standard InChI is InChI=1S/C43H85NO5/c1-5-8-11-14-20-26-33-41(32-25-18-12-9-6-2)43(47)49-39-30-23-17-21-28-35-44(36-37-45)40(4)31-24-19-15-16-22-29-38-48-42(46)34-27-13-10-7-3/h40-41,45H,5-39H2,1-4H3. The summed E-state index contributed by atoms with van der Waals surface area (Å²) in [5, 5.41) is 9.64. The van der Waals surface area contributed by atoms with Crippen LogP contribution in [0.15, 0.2) is 0 Å². The molecule has 0 saturated heterocycles. The fourth-order valence-corrected chi connectivity index (χ4v) is 6.85. The van der Waals surface area contributed by atoms with E-state index in [2.05, 4.69) is 32.6 Å². The van der Waals surface area contributed by atoms with E-state index in [9.17, 15) is 14.7 Å². The van der Waals surface area contributed by atoms with Crippen LogP contribution in [-0.4, -0.2) is 60.9 Å². The summed E-state index contributed by atoms with van der Waals surface area (Å²) >= 11 is 0. The minimum absolute atomic E-state index is 0.0268. The molecule has 6 nitrogen and oxygen atoms in total. The van der Waals surface area contributed by atoms with Crippen molar-refractivity contribution in [3.8, 4) is 0 Å². The van der Waals surface area contributed by atoms with Crippen LogP contribution in [0, 0.1) is 5.92 Å². The summed E-state index contributed by atoms with van der Waals surface area (Å²) in [6.45, 7) is 12.2. The predicted molar refractivity (Wildman–Crippen MR) is 209 cm³/mol. The Labute approximate surface area is 305 Å². The van der Waals surface area contributed by atoms with Gasteiger partial charge in [0.15, 0.2) is 0 Å². The normalized spacial score (nSPS) is 12.8. The lowest BCUT2D eigenvalue weighted by Crippen LogP contribution is -2.36. The van der Waals surface area contributed by atoms with Gasteiger partial charge in [-0.2, -0.15) is 0 Å². The van der Waals surface area contributed by atoms with Gasteiger partial charge in [-0.1, -0.05) is 162 Å². The van der Waals surface area contributed by atoms with Crippen molar-refractivity contribution in [2.75, 3.05) is 32.9 Å². The quantitative estimate of drug-likeness (QED) is 0.0509. The zero-order valence-corrected chi connectivity index (χ0v) is 33.4. The molecule has 0 radical (unpaired) electrons. The minimum Gasteiger partial charge on any atom is -0.466 e. The highest BCUT2D eigenvalue weighted by Gasteiger charge is 2.19. The highest BCUT2D eigenvalue weighted by atomic mass is 16.5. The lowest BCUT2D eigenvalue weighted by atomic mass is 9.94. The third-order valence-electron chi connectivity index (χ3n) is 10.3. The van der Waals surface area contributed by atoms with Gasteiger partial charge in [0.25, 0.3) is 0 Å². The van der Waals surface area contributed by atoms with E-state index < -0.39 is 0 Å². The second-order valence-corrected chi connectivity index (χ2v) is 14.9. The molecule has 0 spiro atoms. The summed E-state index contributed by atoms with van der Waals surface area (Å²) in [6, 6.07) is 0.499. The first kappa shape index (κ1) is 47.9. The van der Waals surface area contributed by atoms with Crippen molar-refractivity contribution in [1.82, 2.24) is 4.90 Å². The molecule has 0 bridgehead atoms. The molecule has 0 rings (SSSR count). The maximum Gasteiger partial charge on any atom is 0.308 e. The Morgan fingerprint density at radius 1 is 0.510 bits per heavy atom. The molecule has 2 atom stereocenters. The number of aliphatic hydroxyl groups is 1. The number of carbonyl (C=O) groups excluding carboxylic acids is 2. The van der Waals surface area contributed by atoms with Crippen LogP contribution >= 0.6 is 0 Å². The van der Waals surface area contributed by atoms with Gasteiger partial charge in [-0.25, -0.2) is 0 Å². The Balaban J connectivity index is 4.01. The van der Waals surface area contributed by atoms with E-state index in [0.29, 0.717) is 25.7 Å². The molecule has 0 aromatic rings. The van der Waals surface area contributed by atoms with Crippen LogP contribution in [0.1, 0.15) is 220 Å². The van der Waals surface area contributed by atoms with Gasteiger partial charge in [-0.15, -0.1) is 0 Å².